The molecule has 2 N–H and O–H groups in total. The van der Waals surface area contributed by atoms with Gasteiger partial charge in [0.1, 0.15) is 0 Å². The van der Waals surface area contributed by atoms with E-state index in [0.717, 1.165) is 37.4 Å². The largest absolute Gasteiger partial charge is 0.393 e. The van der Waals surface area contributed by atoms with Crippen molar-refractivity contribution < 1.29 is 5.11 Å². The summed E-state index contributed by atoms with van der Waals surface area (Å²) in [5, 5.41) is 13.2. The SMILES string of the molecule is CCCCC(C)Nc1cccnc1N1CCC(O)CC1. The molecule has 0 bridgehead atoms. The molecule has 1 atom stereocenters. The number of aliphatic hydroxyl groups is 1. The van der Waals surface area contributed by atoms with E-state index in [9.17, 15) is 5.11 Å². The zero-order valence-corrected chi connectivity index (χ0v) is 12.7. The summed E-state index contributed by atoms with van der Waals surface area (Å²) in [7, 11) is 0. The van der Waals surface area contributed by atoms with Crippen LogP contribution < -0.4 is 10.2 Å². The third-order valence-electron chi connectivity index (χ3n) is 3.94. The Morgan fingerprint density at radius 1 is 1.45 bits per heavy atom. The molecule has 0 spiro atoms. The molecule has 1 aliphatic heterocycles. The molecule has 0 aliphatic carbocycles. The summed E-state index contributed by atoms with van der Waals surface area (Å²) in [6, 6.07) is 4.56. The Kier molecular flexibility index (Phi) is 5.65. The van der Waals surface area contributed by atoms with Crippen molar-refractivity contribution in [3.63, 3.8) is 0 Å². The zero-order chi connectivity index (χ0) is 14.4. The average molecular weight is 277 g/mol. The molecule has 0 aromatic carbocycles. The smallest absolute Gasteiger partial charge is 0.151 e. The van der Waals surface area contributed by atoms with E-state index in [-0.39, 0.29) is 6.10 Å². The molecule has 0 amide bonds. The number of pyridine rings is 1. The van der Waals surface area contributed by atoms with Gasteiger partial charge in [0, 0.05) is 25.3 Å². The summed E-state index contributed by atoms with van der Waals surface area (Å²) in [4.78, 5) is 6.82. The first-order valence-corrected chi connectivity index (χ1v) is 7.85. The molecule has 1 saturated heterocycles. The van der Waals surface area contributed by atoms with Crippen LogP contribution in [0.25, 0.3) is 0 Å². The van der Waals surface area contributed by atoms with Gasteiger partial charge in [-0.05, 0) is 38.3 Å². The number of aromatic nitrogens is 1. The van der Waals surface area contributed by atoms with Crippen molar-refractivity contribution in [3.05, 3.63) is 18.3 Å². The molecule has 112 valence electrons. The maximum absolute atomic E-state index is 9.62. The fourth-order valence-corrected chi connectivity index (χ4v) is 2.69. The van der Waals surface area contributed by atoms with E-state index in [0.29, 0.717) is 6.04 Å². The maximum Gasteiger partial charge on any atom is 0.151 e. The number of anilines is 2. The first-order chi connectivity index (χ1) is 9.70. The molecular formula is C16H27N3O. The van der Waals surface area contributed by atoms with E-state index in [1.807, 2.05) is 12.3 Å². The van der Waals surface area contributed by atoms with Crippen molar-refractivity contribution in [2.45, 2.75) is 58.1 Å². The minimum Gasteiger partial charge on any atom is -0.393 e. The lowest BCUT2D eigenvalue weighted by atomic mass is 10.1. The summed E-state index contributed by atoms with van der Waals surface area (Å²) >= 11 is 0. The number of aliphatic hydroxyl groups excluding tert-OH is 1. The van der Waals surface area contributed by atoms with Crippen LogP contribution in [0.2, 0.25) is 0 Å². The molecule has 2 heterocycles. The van der Waals surface area contributed by atoms with Gasteiger partial charge in [0.15, 0.2) is 5.82 Å². The van der Waals surface area contributed by atoms with Crippen molar-refractivity contribution >= 4 is 11.5 Å². The van der Waals surface area contributed by atoms with Crippen molar-refractivity contribution in [3.8, 4) is 0 Å². The highest BCUT2D eigenvalue weighted by Crippen LogP contribution is 2.26. The molecule has 1 unspecified atom stereocenters. The molecular weight excluding hydrogens is 250 g/mol. The van der Waals surface area contributed by atoms with E-state index in [1.54, 1.807) is 0 Å². The van der Waals surface area contributed by atoms with Crippen LogP contribution in [0.1, 0.15) is 46.0 Å². The van der Waals surface area contributed by atoms with E-state index < -0.39 is 0 Å². The molecule has 0 saturated carbocycles. The van der Waals surface area contributed by atoms with Gasteiger partial charge in [0.25, 0.3) is 0 Å². The lowest BCUT2D eigenvalue weighted by Crippen LogP contribution is -2.37. The fraction of sp³-hybridized carbons (Fsp3) is 0.688. The standard InChI is InChI=1S/C16H27N3O/c1-3-4-6-13(2)18-15-7-5-10-17-16(15)19-11-8-14(20)9-12-19/h5,7,10,13-14,18,20H,3-4,6,8-9,11-12H2,1-2H3. The monoisotopic (exact) mass is 277 g/mol. The van der Waals surface area contributed by atoms with E-state index >= 15 is 0 Å². The Balaban J connectivity index is 2.02. The van der Waals surface area contributed by atoms with E-state index in [4.69, 9.17) is 0 Å². The summed E-state index contributed by atoms with van der Waals surface area (Å²) in [6.07, 6.45) is 7.04. The fourth-order valence-electron chi connectivity index (χ4n) is 2.69. The van der Waals surface area contributed by atoms with Crippen LogP contribution in [0.3, 0.4) is 0 Å². The summed E-state index contributed by atoms with van der Waals surface area (Å²) in [6.45, 7) is 6.22. The highest BCUT2D eigenvalue weighted by atomic mass is 16.3. The second-order valence-electron chi connectivity index (χ2n) is 5.78. The highest BCUT2D eigenvalue weighted by Gasteiger charge is 2.20. The van der Waals surface area contributed by atoms with Gasteiger partial charge in [-0.15, -0.1) is 0 Å². The molecule has 0 radical (unpaired) electrons. The molecule has 1 aliphatic rings. The molecule has 4 nitrogen and oxygen atoms in total. The number of hydrogen-bond donors (Lipinski definition) is 2. The van der Waals surface area contributed by atoms with Crippen LogP contribution >= 0.6 is 0 Å². The lowest BCUT2D eigenvalue weighted by molar-refractivity contribution is 0.145. The van der Waals surface area contributed by atoms with Crippen LogP contribution in [0.4, 0.5) is 11.5 Å². The van der Waals surface area contributed by atoms with Crippen LogP contribution in [0, 0.1) is 0 Å². The molecule has 1 aromatic rings. The first-order valence-electron chi connectivity index (χ1n) is 7.85. The van der Waals surface area contributed by atoms with Gasteiger partial charge in [-0.1, -0.05) is 19.8 Å². The lowest BCUT2D eigenvalue weighted by Gasteiger charge is -2.32. The van der Waals surface area contributed by atoms with Gasteiger partial charge in [-0.25, -0.2) is 4.98 Å². The van der Waals surface area contributed by atoms with Crippen LogP contribution in [0.15, 0.2) is 18.3 Å². The van der Waals surface area contributed by atoms with Crippen LogP contribution in [-0.2, 0) is 0 Å². The topological polar surface area (TPSA) is 48.4 Å². The van der Waals surface area contributed by atoms with Crippen molar-refractivity contribution in [2.75, 3.05) is 23.3 Å². The minimum absolute atomic E-state index is 0.144. The maximum atomic E-state index is 9.62. The predicted octanol–water partition coefficient (Wildman–Crippen LogP) is 3.03. The van der Waals surface area contributed by atoms with Crippen molar-refractivity contribution in [1.82, 2.24) is 4.98 Å². The number of unbranched alkanes of at least 4 members (excludes halogenated alkanes) is 1. The Morgan fingerprint density at radius 2 is 2.20 bits per heavy atom. The number of hydrogen-bond acceptors (Lipinski definition) is 4. The summed E-state index contributed by atoms with van der Waals surface area (Å²) < 4.78 is 0. The van der Waals surface area contributed by atoms with Gasteiger partial charge in [-0.2, -0.15) is 0 Å². The number of piperidine rings is 1. The van der Waals surface area contributed by atoms with Gasteiger partial charge in [-0.3, -0.25) is 0 Å². The van der Waals surface area contributed by atoms with Gasteiger partial charge < -0.3 is 15.3 Å². The van der Waals surface area contributed by atoms with Crippen LogP contribution in [0.5, 0.6) is 0 Å². The third kappa shape index (κ3) is 4.10. The van der Waals surface area contributed by atoms with Gasteiger partial charge in [0.2, 0.25) is 0 Å². The highest BCUT2D eigenvalue weighted by molar-refractivity contribution is 5.65. The second-order valence-corrected chi connectivity index (χ2v) is 5.78. The van der Waals surface area contributed by atoms with E-state index in [1.165, 1.54) is 19.3 Å². The molecule has 2 rings (SSSR count). The Morgan fingerprint density at radius 3 is 2.90 bits per heavy atom. The molecule has 20 heavy (non-hydrogen) atoms. The van der Waals surface area contributed by atoms with Gasteiger partial charge in [0.05, 0.1) is 11.8 Å². The van der Waals surface area contributed by atoms with Crippen molar-refractivity contribution in [2.24, 2.45) is 0 Å². The Bertz CT molecular complexity index is 402. The van der Waals surface area contributed by atoms with Crippen molar-refractivity contribution in [1.29, 1.82) is 0 Å². The number of nitrogens with zero attached hydrogens (tertiary/aromatic N) is 2. The average Bonchev–Trinajstić information content (AvgIpc) is 2.47. The molecule has 1 fully saturated rings. The molecule has 1 aromatic heterocycles. The predicted molar refractivity (Wildman–Crippen MR) is 84.3 cm³/mol. The third-order valence-corrected chi connectivity index (χ3v) is 3.94. The Labute approximate surface area is 122 Å². The zero-order valence-electron chi connectivity index (χ0n) is 12.7. The first kappa shape index (κ1) is 15.1. The minimum atomic E-state index is -0.144. The normalized spacial score (nSPS) is 18.1. The van der Waals surface area contributed by atoms with Gasteiger partial charge >= 0.3 is 0 Å². The van der Waals surface area contributed by atoms with E-state index in [2.05, 4.69) is 35.1 Å². The van der Waals surface area contributed by atoms with Crippen LogP contribution in [-0.4, -0.2) is 35.3 Å². The molecule has 4 heteroatoms. The Hall–Kier alpha value is -1.29. The second kappa shape index (κ2) is 7.48. The summed E-state index contributed by atoms with van der Waals surface area (Å²) in [5.74, 6) is 1.03. The number of nitrogens with one attached hydrogen (secondary N) is 1. The number of rotatable bonds is 6. The summed E-state index contributed by atoms with van der Waals surface area (Å²) in [5.41, 5.74) is 1.12. The quantitative estimate of drug-likeness (QED) is 0.839.